The summed E-state index contributed by atoms with van der Waals surface area (Å²) in [6.07, 6.45) is 2.24. The number of aryl methyl sites for hydroxylation is 2. The smallest absolute Gasteiger partial charge is 0.0597 e. The van der Waals surface area contributed by atoms with Crippen LogP contribution in [-0.4, -0.2) is 33.8 Å². The first-order valence-electron chi connectivity index (χ1n) is 5.62. The second-order valence-electron chi connectivity index (χ2n) is 4.51. The molecule has 0 aliphatic carbocycles. The van der Waals surface area contributed by atoms with E-state index in [0.717, 1.165) is 38.2 Å². The van der Waals surface area contributed by atoms with Gasteiger partial charge in [0.05, 0.1) is 11.4 Å². The summed E-state index contributed by atoms with van der Waals surface area (Å²) < 4.78 is 1.98. The van der Waals surface area contributed by atoms with E-state index in [2.05, 4.69) is 16.1 Å². The van der Waals surface area contributed by atoms with E-state index in [-0.39, 0.29) is 0 Å². The van der Waals surface area contributed by atoms with Crippen LogP contribution in [0.5, 0.6) is 0 Å². The van der Waals surface area contributed by atoms with Gasteiger partial charge < -0.3 is 5.73 Å². The van der Waals surface area contributed by atoms with Crippen molar-refractivity contribution in [1.29, 1.82) is 0 Å². The molecule has 1 fully saturated rings. The molecule has 1 aromatic rings. The van der Waals surface area contributed by atoms with Gasteiger partial charge in [0, 0.05) is 32.7 Å². The highest BCUT2D eigenvalue weighted by Gasteiger charge is 2.17. The Bertz CT molecular complexity index is 323. The minimum atomic E-state index is 0.412. The third kappa shape index (κ3) is 2.58. The van der Waals surface area contributed by atoms with Gasteiger partial charge in [-0.05, 0) is 25.8 Å². The van der Waals surface area contributed by atoms with Crippen LogP contribution < -0.4 is 5.73 Å². The summed E-state index contributed by atoms with van der Waals surface area (Å²) in [5.41, 5.74) is 8.27. The molecular weight excluding hydrogens is 188 g/mol. The van der Waals surface area contributed by atoms with E-state index in [1.807, 2.05) is 18.7 Å². The van der Waals surface area contributed by atoms with Crippen LogP contribution in [0.3, 0.4) is 0 Å². The second-order valence-corrected chi connectivity index (χ2v) is 4.51. The highest BCUT2D eigenvalue weighted by molar-refractivity contribution is 5.08. The minimum Gasteiger partial charge on any atom is -0.328 e. The molecule has 1 aliphatic heterocycles. The molecule has 0 aromatic carbocycles. The molecule has 2 rings (SSSR count). The molecule has 84 valence electrons. The molecule has 4 nitrogen and oxygen atoms in total. The number of rotatable bonds is 2. The molecule has 0 unspecified atom stereocenters. The van der Waals surface area contributed by atoms with Gasteiger partial charge in [-0.15, -0.1) is 0 Å². The lowest BCUT2D eigenvalue weighted by Gasteiger charge is -2.29. The van der Waals surface area contributed by atoms with Crippen molar-refractivity contribution in [3.63, 3.8) is 0 Å². The molecule has 0 atom stereocenters. The third-order valence-corrected chi connectivity index (χ3v) is 3.12. The number of likely N-dealkylation sites (tertiary alicyclic amines) is 1. The largest absolute Gasteiger partial charge is 0.328 e. The van der Waals surface area contributed by atoms with Crippen LogP contribution in [0.25, 0.3) is 0 Å². The van der Waals surface area contributed by atoms with E-state index < -0.39 is 0 Å². The van der Waals surface area contributed by atoms with Gasteiger partial charge in [-0.2, -0.15) is 5.10 Å². The zero-order chi connectivity index (χ0) is 10.8. The lowest BCUT2D eigenvalue weighted by atomic mass is 10.1. The summed E-state index contributed by atoms with van der Waals surface area (Å²) >= 11 is 0. The van der Waals surface area contributed by atoms with Gasteiger partial charge in [0.2, 0.25) is 0 Å². The normalized spacial score (nSPS) is 19.7. The Hall–Kier alpha value is -0.870. The Morgan fingerprint density at radius 2 is 2.13 bits per heavy atom. The highest BCUT2D eigenvalue weighted by Crippen LogP contribution is 2.12. The molecule has 0 saturated carbocycles. The molecule has 1 saturated heterocycles. The summed E-state index contributed by atoms with van der Waals surface area (Å²) in [4.78, 5) is 2.46. The molecule has 0 spiro atoms. The average molecular weight is 208 g/mol. The predicted octanol–water partition coefficient (Wildman–Crippen LogP) is 0.652. The first-order valence-corrected chi connectivity index (χ1v) is 5.62. The van der Waals surface area contributed by atoms with Crippen molar-refractivity contribution in [1.82, 2.24) is 14.7 Å². The van der Waals surface area contributed by atoms with E-state index >= 15 is 0 Å². The van der Waals surface area contributed by atoms with Crippen LogP contribution >= 0.6 is 0 Å². The van der Waals surface area contributed by atoms with Crippen LogP contribution in [0.2, 0.25) is 0 Å². The van der Waals surface area contributed by atoms with Crippen LogP contribution in [0, 0.1) is 6.92 Å². The Morgan fingerprint density at radius 3 is 2.67 bits per heavy atom. The maximum absolute atomic E-state index is 5.88. The molecule has 1 aromatic heterocycles. The summed E-state index contributed by atoms with van der Waals surface area (Å²) in [5.74, 6) is 0. The van der Waals surface area contributed by atoms with E-state index in [0.29, 0.717) is 6.04 Å². The quantitative estimate of drug-likeness (QED) is 0.776. The van der Waals surface area contributed by atoms with Gasteiger partial charge in [-0.1, -0.05) is 0 Å². The number of aromatic nitrogens is 2. The molecule has 2 N–H and O–H groups in total. The van der Waals surface area contributed by atoms with Gasteiger partial charge in [0.15, 0.2) is 0 Å². The highest BCUT2D eigenvalue weighted by atomic mass is 15.3. The molecule has 2 heterocycles. The van der Waals surface area contributed by atoms with Gasteiger partial charge in [0.25, 0.3) is 0 Å². The lowest BCUT2D eigenvalue weighted by molar-refractivity contribution is 0.201. The number of hydrogen-bond donors (Lipinski definition) is 1. The molecular formula is C11H20N4. The van der Waals surface area contributed by atoms with Crippen LogP contribution in [0.15, 0.2) is 6.07 Å². The Balaban J connectivity index is 1.94. The fraction of sp³-hybridized carbons (Fsp3) is 0.727. The fourth-order valence-electron chi connectivity index (χ4n) is 2.15. The Kier molecular flexibility index (Phi) is 3.07. The summed E-state index contributed by atoms with van der Waals surface area (Å²) in [6, 6.07) is 2.57. The summed E-state index contributed by atoms with van der Waals surface area (Å²) in [7, 11) is 2.01. The predicted molar refractivity (Wildman–Crippen MR) is 60.4 cm³/mol. The van der Waals surface area contributed by atoms with Crippen molar-refractivity contribution in [3.8, 4) is 0 Å². The molecule has 0 amide bonds. The maximum atomic E-state index is 5.88. The van der Waals surface area contributed by atoms with Gasteiger partial charge in [-0.3, -0.25) is 9.58 Å². The monoisotopic (exact) mass is 208 g/mol. The molecule has 4 heteroatoms. The van der Waals surface area contributed by atoms with Crippen molar-refractivity contribution >= 4 is 0 Å². The van der Waals surface area contributed by atoms with Gasteiger partial charge >= 0.3 is 0 Å². The van der Waals surface area contributed by atoms with Crippen molar-refractivity contribution in [2.24, 2.45) is 12.8 Å². The molecule has 0 bridgehead atoms. The number of nitrogens with two attached hydrogens (primary N) is 1. The maximum Gasteiger partial charge on any atom is 0.0597 e. The van der Waals surface area contributed by atoms with E-state index in [4.69, 9.17) is 5.73 Å². The van der Waals surface area contributed by atoms with E-state index in [9.17, 15) is 0 Å². The van der Waals surface area contributed by atoms with E-state index in [1.54, 1.807) is 0 Å². The van der Waals surface area contributed by atoms with Crippen molar-refractivity contribution < 1.29 is 0 Å². The minimum absolute atomic E-state index is 0.412. The zero-order valence-electron chi connectivity index (χ0n) is 9.61. The number of nitrogens with zero attached hydrogens (tertiary/aromatic N) is 3. The van der Waals surface area contributed by atoms with Gasteiger partial charge in [-0.25, -0.2) is 0 Å². The summed E-state index contributed by atoms with van der Waals surface area (Å²) in [5, 5.41) is 4.36. The number of hydrogen-bond acceptors (Lipinski definition) is 3. The lowest BCUT2D eigenvalue weighted by Crippen LogP contribution is -2.39. The van der Waals surface area contributed by atoms with Crippen LogP contribution in [-0.2, 0) is 13.6 Å². The molecule has 1 aliphatic rings. The van der Waals surface area contributed by atoms with Gasteiger partial charge in [0.1, 0.15) is 0 Å². The van der Waals surface area contributed by atoms with Crippen molar-refractivity contribution in [2.45, 2.75) is 32.4 Å². The van der Waals surface area contributed by atoms with Crippen molar-refractivity contribution in [3.05, 3.63) is 17.5 Å². The SMILES string of the molecule is Cc1cc(CN2CCC(N)CC2)n(C)n1. The summed E-state index contributed by atoms with van der Waals surface area (Å²) in [6.45, 7) is 5.27. The fourth-order valence-corrected chi connectivity index (χ4v) is 2.15. The average Bonchev–Trinajstić information content (AvgIpc) is 2.49. The van der Waals surface area contributed by atoms with Crippen molar-refractivity contribution in [2.75, 3.05) is 13.1 Å². The third-order valence-electron chi connectivity index (χ3n) is 3.12. The topological polar surface area (TPSA) is 47.1 Å². The first-order chi connectivity index (χ1) is 7.15. The Labute approximate surface area is 91.1 Å². The van der Waals surface area contributed by atoms with Crippen LogP contribution in [0.4, 0.5) is 0 Å². The standard InChI is InChI=1S/C11H20N4/c1-9-7-11(14(2)13-9)8-15-5-3-10(12)4-6-15/h7,10H,3-6,8,12H2,1-2H3. The van der Waals surface area contributed by atoms with Crippen LogP contribution in [0.1, 0.15) is 24.2 Å². The zero-order valence-corrected chi connectivity index (χ0v) is 9.61. The van der Waals surface area contributed by atoms with E-state index in [1.165, 1.54) is 5.69 Å². The second kappa shape index (κ2) is 4.33. The first kappa shape index (κ1) is 10.6. The number of piperidine rings is 1. The Morgan fingerprint density at radius 1 is 1.47 bits per heavy atom. The molecule has 0 radical (unpaired) electrons. The molecule has 15 heavy (non-hydrogen) atoms.